The summed E-state index contributed by atoms with van der Waals surface area (Å²) in [6.45, 7) is 6.14. The van der Waals surface area contributed by atoms with Crippen molar-refractivity contribution in [1.82, 2.24) is 5.32 Å². The van der Waals surface area contributed by atoms with Gasteiger partial charge in [-0.3, -0.25) is 4.79 Å². The van der Waals surface area contributed by atoms with Crippen molar-refractivity contribution in [1.29, 1.82) is 0 Å². The van der Waals surface area contributed by atoms with Crippen LogP contribution in [0, 0.1) is 5.92 Å². The molecule has 2 unspecified atom stereocenters. The van der Waals surface area contributed by atoms with E-state index in [9.17, 15) is 14.7 Å². The molecule has 0 fully saturated rings. The van der Waals surface area contributed by atoms with Gasteiger partial charge in [0.1, 0.15) is 18.4 Å². The summed E-state index contributed by atoms with van der Waals surface area (Å²) in [7, 11) is 0. The molecular weight excluding hydrogens is 346 g/mol. The molecule has 1 aliphatic heterocycles. The molecule has 25 heavy (non-hydrogen) atoms. The Kier molecular flexibility index (Phi) is 6.30. The van der Waals surface area contributed by atoms with Crippen LogP contribution in [0.2, 0.25) is 5.02 Å². The summed E-state index contributed by atoms with van der Waals surface area (Å²) in [5.74, 6) is -1.15. The summed E-state index contributed by atoms with van der Waals surface area (Å²) < 4.78 is 11.1. The van der Waals surface area contributed by atoms with Crippen LogP contribution in [0.15, 0.2) is 18.2 Å². The molecule has 0 bridgehead atoms. The van der Waals surface area contributed by atoms with Gasteiger partial charge in [0.2, 0.25) is 5.91 Å². The molecule has 0 saturated carbocycles. The van der Waals surface area contributed by atoms with Crippen molar-refractivity contribution in [3.63, 3.8) is 0 Å². The molecule has 2 N–H and O–H groups in total. The number of halogens is 1. The van der Waals surface area contributed by atoms with Crippen LogP contribution < -0.4 is 10.1 Å². The molecule has 0 aromatic heterocycles. The third kappa shape index (κ3) is 5.90. The van der Waals surface area contributed by atoms with Gasteiger partial charge in [0.25, 0.3) is 0 Å². The van der Waals surface area contributed by atoms with Gasteiger partial charge in [-0.2, -0.15) is 0 Å². The molecule has 6 nitrogen and oxygen atoms in total. The molecule has 2 atom stereocenters. The first kappa shape index (κ1) is 19.5. The number of ether oxygens (including phenoxy) is 2. The SMILES string of the molecule is CC(C)(C)OCCC(NC(=O)C1COc2ccc(Cl)cc2C1)C(=O)O. The van der Waals surface area contributed by atoms with Gasteiger partial charge in [-0.05, 0) is 51.0 Å². The van der Waals surface area contributed by atoms with Gasteiger partial charge in [0.15, 0.2) is 0 Å². The highest BCUT2D eigenvalue weighted by atomic mass is 35.5. The second kappa shape index (κ2) is 8.06. The van der Waals surface area contributed by atoms with E-state index >= 15 is 0 Å². The van der Waals surface area contributed by atoms with Gasteiger partial charge >= 0.3 is 5.97 Å². The number of rotatable bonds is 6. The quantitative estimate of drug-likeness (QED) is 0.805. The lowest BCUT2D eigenvalue weighted by atomic mass is 9.95. The average molecular weight is 370 g/mol. The summed E-state index contributed by atoms with van der Waals surface area (Å²) >= 11 is 5.98. The van der Waals surface area contributed by atoms with Crippen LogP contribution >= 0.6 is 11.6 Å². The van der Waals surface area contributed by atoms with E-state index in [1.807, 2.05) is 20.8 Å². The Morgan fingerprint density at radius 1 is 1.44 bits per heavy atom. The van der Waals surface area contributed by atoms with Crippen molar-refractivity contribution in [3.05, 3.63) is 28.8 Å². The third-order valence-electron chi connectivity index (χ3n) is 3.86. The number of aliphatic carboxylic acids is 1. The van der Waals surface area contributed by atoms with Crippen LogP contribution in [-0.4, -0.2) is 41.8 Å². The monoisotopic (exact) mass is 369 g/mol. The Labute approximate surface area is 152 Å². The molecule has 1 aromatic rings. The fraction of sp³-hybridized carbons (Fsp3) is 0.556. The fourth-order valence-electron chi connectivity index (χ4n) is 2.56. The number of benzene rings is 1. The summed E-state index contributed by atoms with van der Waals surface area (Å²) in [4.78, 5) is 23.8. The Bertz CT molecular complexity index is 641. The first-order chi connectivity index (χ1) is 11.7. The number of carbonyl (C=O) groups is 2. The predicted molar refractivity (Wildman–Crippen MR) is 94.0 cm³/mol. The lowest BCUT2D eigenvalue weighted by molar-refractivity contribution is -0.143. The Balaban J connectivity index is 1.93. The topological polar surface area (TPSA) is 84.9 Å². The van der Waals surface area contributed by atoms with E-state index in [0.29, 0.717) is 17.2 Å². The molecule has 0 spiro atoms. The number of carboxylic acid groups (broad SMARTS) is 1. The van der Waals surface area contributed by atoms with Crippen molar-refractivity contribution in [2.24, 2.45) is 5.92 Å². The van der Waals surface area contributed by atoms with Crippen LogP contribution in [0.3, 0.4) is 0 Å². The molecule has 1 aliphatic rings. The molecule has 1 aromatic carbocycles. The van der Waals surface area contributed by atoms with Gasteiger partial charge < -0.3 is 19.9 Å². The smallest absolute Gasteiger partial charge is 0.326 e. The number of carboxylic acids is 1. The van der Waals surface area contributed by atoms with Gasteiger partial charge in [0, 0.05) is 18.1 Å². The van der Waals surface area contributed by atoms with E-state index in [1.54, 1.807) is 18.2 Å². The Morgan fingerprint density at radius 2 is 2.16 bits per heavy atom. The zero-order valence-corrected chi connectivity index (χ0v) is 15.4. The fourth-order valence-corrected chi connectivity index (χ4v) is 2.76. The summed E-state index contributed by atoms with van der Waals surface area (Å²) in [6.07, 6.45) is 0.668. The maximum atomic E-state index is 12.4. The minimum atomic E-state index is -1.08. The van der Waals surface area contributed by atoms with Crippen LogP contribution in [0.5, 0.6) is 5.75 Å². The first-order valence-electron chi connectivity index (χ1n) is 8.24. The molecule has 0 saturated heterocycles. The standard InChI is InChI=1S/C18H24ClNO5/c1-18(2,3)25-7-6-14(17(22)23)20-16(21)12-8-11-9-13(19)4-5-15(11)24-10-12/h4-5,9,12,14H,6-8,10H2,1-3H3,(H,20,21)(H,22,23). The molecule has 0 aliphatic carbocycles. The van der Waals surface area contributed by atoms with E-state index in [4.69, 9.17) is 21.1 Å². The van der Waals surface area contributed by atoms with Crippen molar-refractivity contribution >= 4 is 23.5 Å². The van der Waals surface area contributed by atoms with Crippen LogP contribution in [-0.2, 0) is 20.7 Å². The lowest BCUT2D eigenvalue weighted by Gasteiger charge is -2.26. The van der Waals surface area contributed by atoms with E-state index in [-0.39, 0.29) is 31.1 Å². The average Bonchev–Trinajstić information content (AvgIpc) is 2.51. The number of hydrogen-bond donors (Lipinski definition) is 2. The highest BCUT2D eigenvalue weighted by Crippen LogP contribution is 2.29. The van der Waals surface area contributed by atoms with Crippen molar-refractivity contribution < 1.29 is 24.2 Å². The van der Waals surface area contributed by atoms with Crippen LogP contribution in [0.25, 0.3) is 0 Å². The second-order valence-corrected chi connectivity index (χ2v) is 7.55. The van der Waals surface area contributed by atoms with Crippen molar-refractivity contribution in [3.8, 4) is 5.75 Å². The molecule has 1 amide bonds. The van der Waals surface area contributed by atoms with E-state index in [1.165, 1.54) is 0 Å². The second-order valence-electron chi connectivity index (χ2n) is 7.11. The Hall–Kier alpha value is -1.79. The van der Waals surface area contributed by atoms with Gasteiger partial charge in [-0.15, -0.1) is 0 Å². The molecule has 7 heteroatoms. The maximum absolute atomic E-state index is 12.4. The lowest BCUT2D eigenvalue weighted by Crippen LogP contribution is -2.46. The van der Waals surface area contributed by atoms with Crippen molar-refractivity contribution in [2.75, 3.05) is 13.2 Å². The van der Waals surface area contributed by atoms with E-state index < -0.39 is 17.9 Å². The Morgan fingerprint density at radius 3 is 2.80 bits per heavy atom. The highest BCUT2D eigenvalue weighted by Gasteiger charge is 2.29. The third-order valence-corrected chi connectivity index (χ3v) is 4.09. The molecule has 0 radical (unpaired) electrons. The largest absolute Gasteiger partial charge is 0.492 e. The molecule has 138 valence electrons. The number of hydrogen-bond acceptors (Lipinski definition) is 4. The number of carbonyl (C=O) groups excluding carboxylic acids is 1. The predicted octanol–water partition coefficient (Wildman–Crippen LogP) is 2.67. The van der Waals surface area contributed by atoms with E-state index in [0.717, 1.165) is 5.56 Å². The molecule has 2 rings (SSSR count). The molecule has 1 heterocycles. The van der Waals surface area contributed by atoms with Crippen molar-refractivity contribution in [2.45, 2.75) is 45.3 Å². The first-order valence-corrected chi connectivity index (χ1v) is 8.62. The molecular formula is C18H24ClNO5. The zero-order chi connectivity index (χ0) is 18.6. The number of fused-ring (bicyclic) bond motifs is 1. The summed E-state index contributed by atoms with van der Waals surface area (Å²) in [5, 5.41) is 12.5. The summed E-state index contributed by atoms with van der Waals surface area (Å²) in [6, 6.07) is 4.28. The van der Waals surface area contributed by atoms with Gasteiger partial charge in [0.05, 0.1) is 11.5 Å². The summed E-state index contributed by atoms with van der Waals surface area (Å²) in [5.41, 5.74) is 0.495. The zero-order valence-electron chi connectivity index (χ0n) is 14.7. The van der Waals surface area contributed by atoms with Crippen LogP contribution in [0.4, 0.5) is 0 Å². The minimum Gasteiger partial charge on any atom is -0.492 e. The van der Waals surface area contributed by atoms with Gasteiger partial charge in [-0.1, -0.05) is 11.6 Å². The van der Waals surface area contributed by atoms with Gasteiger partial charge in [-0.25, -0.2) is 4.79 Å². The highest BCUT2D eigenvalue weighted by molar-refractivity contribution is 6.30. The maximum Gasteiger partial charge on any atom is 0.326 e. The minimum absolute atomic E-state index is 0.203. The van der Waals surface area contributed by atoms with E-state index in [2.05, 4.69) is 5.32 Å². The number of amides is 1. The van der Waals surface area contributed by atoms with Crippen LogP contribution in [0.1, 0.15) is 32.8 Å². The number of nitrogens with one attached hydrogen (secondary N) is 1. The normalized spacial score (nSPS) is 18.0.